The molecule has 0 bridgehead atoms. The second-order valence-electron chi connectivity index (χ2n) is 2.69. The number of anilines is 1. The van der Waals surface area contributed by atoms with Gasteiger partial charge in [0.1, 0.15) is 5.02 Å². The van der Waals surface area contributed by atoms with Gasteiger partial charge in [0.15, 0.2) is 0 Å². The van der Waals surface area contributed by atoms with Crippen molar-refractivity contribution in [1.29, 1.82) is 0 Å². The molecule has 78 valence electrons. The predicted octanol–water partition coefficient (Wildman–Crippen LogP) is 1.59. The standard InChI is InChI=1S/C8H13ClN4O/c1-2-3-4-14-7-6(9)5-11-8(12-7)13-10/h5H,2-4,10H2,1H3,(H,11,12,13). The molecular weight excluding hydrogens is 204 g/mol. The molecule has 14 heavy (non-hydrogen) atoms. The maximum absolute atomic E-state index is 5.81. The van der Waals surface area contributed by atoms with Crippen molar-refractivity contribution in [2.75, 3.05) is 12.0 Å². The lowest BCUT2D eigenvalue weighted by molar-refractivity contribution is 0.298. The second kappa shape index (κ2) is 5.62. The average molecular weight is 217 g/mol. The normalized spacial score (nSPS) is 9.93. The smallest absolute Gasteiger partial charge is 0.240 e. The van der Waals surface area contributed by atoms with Crippen molar-refractivity contribution in [3.63, 3.8) is 0 Å². The van der Waals surface area contributed by atoms with Crippen LogP contribution in [0.1, 0.15) is 19.8 Å². The molecule has 0 aliphatic carbocycles. The summed E-state index contributed by atoms with van der Waals surface area (Å²) in [6.07, 6.45) is 3.47. The van der Waals surface area contributed by atoms with Crippen LogP contribution >= 0.6 is 11.6 Å². The van der Waals surface area contributed by atoms with Gasteiger partial charge in [-0.15, -0.1) is 0 Å². The van der Waals surface area contributed by atoms with Crippen LogP contribution in [-0.2, 0) is 0 Å². The van der Waals surface area contributed by atoms with Crippen LogP contribution in [0.3, 0.4) is 0 Å². The molecule has 0 spiro atoms. The Kier molecular flexibility index (Phi) is 4.42. The second-order valence-corrected chi connectivity index (χ2v) is 3.10. The minimum atomic E-state index is 0.292. The van der Waals surface area contributed by atoms with E-state index in [0.717, 1.165) is 12.8 Å². The number of hydrogen-bond acceptors (Lipinski definition) is 5. The SMILES string of the molecule is CCCCOc1nc(NN)ncc1Cl. The van der Waals surface area contributed by atoms with E-state index >= 15 is 0 Å². The summed E-state index contributed by atoms with van der Waals surface area (Å²) in [6.45, 7) is 2.68. The zero-order valence-electron chi connectivity index (χ0n) is 7.96. The number of nitrogens with one attached hydrogen (secondary N) is 1. The van der Waals surface area contributed by atoms with Crippen molar-refractivity contribution in [2.24, 2.45) is 5.84 Å². The van der Waals surface area contributed by atoms with Crippen LogP contribution in [0.4, 0.5) is 5.95 Å². The van der Waals surface area contributed by atoms with E-state index in [-0.39, 0.29) is 0 Å². The molecule has 0 radical (unpaired) electrons. The van der Waals surface area contributed by atoms with Crippen molar-refractivity contribution >= 4 is 17.5 Å². The molecule has 0 atom stereocenters. The minimum absolute atomic E-state index is 0.292. The Hall–Kier alpha value is -1.07. The highest BCUT2D eigenvalue weighted by atomic mass is 35.5. The highest BCUT2D eigenvalue weighted by Gasteiger charge is 2.05. The highest BCUT2D eigenvalue weighted by molar-refractivity contribution is 6.31. The van der Waals surface area contributed by atoms with Gasteiger partial charge in [-0.1, -0.05) is 24.9 Å². The van der Waals surface area contributed by atoms with Crippen molar-refractivity contribution in [3.8, 4) is 5.88 Å². The first-order valence-corrected chi connectivity index (χ1v) is 4.77. The van der Waals surface area contributed by atoms with E-state index in [0.29, 0.717) is 23.5 Å². The summed E-state index contributed by atoms with van der Waals surface area (Å²) in [5, 5.41) is 0.389. The van der Waals surface area contributed by atoms with E-state index < -0.39 is 0 Å². The monoisotopic (exact) mass is 216 g/mol. The number of nitrogen functional groups attached to an aromatic ring is 1. The first-order valence-electron chi connectivity index (χ1n) is 4.40. The number of nitrogens with zero attached hydrogens (tertiary/aromatic N) is 2. The summed E-state index contributed by atoms with van der Waals surface area (Å²) in [5.74, 6) is 5.81. The summed E-state index contributed by atoms with van der Waals surface area (Å²) < 4.78 is 5.34. The largest absolute Gasteiger partial charge is 0.476 e. The number of hydrogen-bond donors (Lipinski definition) is 2. The number of rotatable bonds is 5. The molecule has 0 unspecified atom stereocenters. The van der Waals surface area contributed by atoms with Crippen molar-refractivity contribution in [1.82, 2.24) is 9.97 Å². The molecule has 1 heterocycles. The van der Waals surface area contributed by atoms with Gasteiger partial charge in [0.2, 0.25) is 11.8 Å². The third-order valence-electron chi connectivity index (χ3n) is 1.58. The first-order chi connectivity index (χ1) is 6.77. The lowest BCUT2D eigenvalue weighted by atomic mass is 10.4. The van der Waals surface area contributed by atoms with Crippen LogP contribution < -0.4 is 16.0 Å². The maximum Gasteiger partial charge on any atom is 0.240 e. The van der Waals surface area contributed by atoms with Gasteiger partial charge in [0.25, 0.3) is 0 Å². The average Bonchev–Trinajstić information content (AvgIpc) is 2.21. The Balaban J connectivity index is 2.64. The number of hydrazine groups is 1. The number of nitrogens with two attached hydrogens (primary N) is 1. The Bertz CT molecular complexity index is 295. The van der Waals surface area contributed by atoms with Gasteiger partial charge < -0.3 is 4.74 Å². The van der Waals surface area contributed by atoms with E-state index in [1.54, 1.807) is 0 Å². The van der Waals surface area contributed by atoms with Crippen molar-refractivity contribution in [2.45, 2.75) is 19.8 Å². The van der Waals surface area contributed by atoms with Crippen LogP contribution in [0.2, 0.25) is 5.02 Å². The highest BCUT2D eigenvalue weighted by Crippen LogP contribution is 2.21. The Labute approximate surface area is 87.6 Å². The van der Waals surface area contributed by atoms with E-state index in [9.17, 15) is 0 Å². The summed E-state index contributed by atoms with van der Waals surface area (Å²) in [4.78, 5) is 7.79. The molecule has 3 N–H and O–H groups in total. The molecule has 0 aromatic carbocycles. The van der Waals surface area contributed by atoms with Crippen molar-refractivity contribution < 1.29 is 4.74 Å². The van der Waals surface area contributed by atoms with Gasteiger partial charge in [0, 0.05) is 0 Å². The lowest BCUT2D eigenvalue weighted by Gasteiger charge is -2.06. The minimum Gasteiger partial charge on any atom is -0.476 e. The first kappa shape index (κ1) is 11.0. The van der Waals surface area contributed by atoms with Crippen LogP contribution in [0, 0.1) is 0 Å². The molecule has 0 aliphatic rings. The number of unbranched alkanes of at least 4 members (excludes halogenated alkanes) is 1. The zero-order chi connectivity index (χ0) is 10.4. The van der Waals surface area contributed by atoms with Gasteiger partial charge in [0.05, 0.1) is 12.8 Å². The lowest BCUT2D eigenvalue weighted by Crippen LogP contribution is -2.11. The van der Waals surface area contributed by atoms with E-state index in [4.69, 9.17) is 22.2 Å². The van der Waals surface area contributed by atoms with E-state index in [1.165, 1.54) is 6.20 Å². The fourth-order valence-corrected chi connectivity index (χ4v) is 0.981. The molecule has 0 saturated heterocycles. The molecule has 0 amide bonds. The predicted molar refractivity (Wildman–Crippen MR) is 55.3 cm³/mol. The van der Waals surface area contributed by atoms with Gasteiger partial charge >= 0.3 is 0 Å². The number of aromatic nitrogens is 2. The molecule has 5 nitrogen and oxygen atoms in total. The molecule has 0 fully saturated rings. The Morgan fingerprint density at radius 3 is 3.07 bits per heavy atom. The zero-order valence-corrected chi connectivity index (χ0v) is 8.71. The summed E-state index contributed by atoms with van der Waals surface area (Å²) in [5.41, 5.74) is 2.32. The quantitative estimate of drug-likeness (QED) is 0.444. The summed E-state index contributed by atoms with van der Waals surface area (Å²) in [7, 11) is 0. The molecular formula is C8H13ClN4O. The van der Waals surface area contributed by atoms with Crippen molar-refractivity contribution in [3.05, 3.63) is 11.2 Å². The number of halogens is 1. The molecule has 0 aliphatic heterocycles. The fraction of sp³-hybridized carbons (Fsp3) is 0.500. The van der Waals surface area contributed by atoms with E-state index in [2.05, 4.69) is 22.3 Å². The number of ether oxygens (including phenoxy) is 1. The Morgan fingerprint density at radius 1 is 1.64 bits per heavy atom. The van der Waals surface area contributed by atoms with Gasteiger partial charge in [-0.25, -0.2) is 10.8 Å². The van der Waals surface area contributed by atoms with Gasteiger partial charge in [-0.05, 0) is 6.42 Å². The van der Waals surface area contributed by atoms with Crippen LogP contribution in [0.25, 0.3) is 0 Å². The summed E-state index contributed by atoms with van der Waals surface area (Å²) >= 11 is 5.81. The third kappa shape index (κ3) is 3.01. The summed E-state index contributed by atoms with van der Waals surface area (Å²) in [6, 6.07) is 0. The fourth-order valence-electron chi connectivity index (χ4n) is 0.835. The van der Waals surface area contributed by atoms with Crippen LogP contribution in [0.5, 0.6) is 5.88 Å². The topological polar surface area (TPSA) is 73.1 Å². The maximum atomic E-state index is 5.81. The molecule has 0 saturated carbocycles. The Morgan fingerprint density at radius 2 is 2.43 bits per heavy atom. The molecule has 1 aromatic rings. The van der Waals surface area contributed by atoms with Gasteiger partial charge in [-0.3, -0.25) is 5.43 Å². The third-order valence-corrected chi connectivity index (χ3v) is 1.84. The van der Waals surface area contributed by atoms with Crippen LogP contribution in [0.15, 0.2) is 6.20 Å². The van der Waals surface area contributed by atoms with Crippen LogP contribution in [-0.4, -0.2) is 16.6 Å². The molecule has 1 rings (SSSR count). The van der Waals surface area contributed by atoms with Gasteiger partial charge in [-0.2, -0.15) is 4.98 Å². The molecule has 6 heteroatoms. The van der Waals surface area contributed by atoms with E-state index in [1.807, 2.05) is 0 Å². The molecule has 1 aromatic heterocycles.